The van der Waals surface area contributed by atoms with E-state index in [1.54, 1.807) is 6.07 Å². The molecule has 2 N–H and O–H groups in total. The lowest BCUT2D eigenvalue weighted by molar-refractivity contribution is 0.100. The van der Waals surface area contributed by atoms with Gasteiger partial charge in [-0.25, -0.2) is 0 Å². The molecule has 0 amide bonds. The number of anilines is 1. The molecule has 1 aromatic rings. The molecular formula is C9H8BrNO2. The minimum atomic E-state index is -0.171. The van der Waals surface area contributed by atoms with E-state index in [1.165, 1.54) is 13.0 Å². The Morgan fingerprint density at radius 1 is 1.54 bits per heavy atom. The van der Waals surface area contributed by atoms with Crippen molar-refractivity contribution in [1.82, 2.24) is 0 Å². The fourth-order valence-corrected chi connectivity index (χ4v) is 1.62. The molecule has 1 aromatic carbocycles. The molecule has 0 fully saturated rings. The molecule has 0 saturated heterocycles. The van der Waals surface area contributed by atoms with Crippen LogP contribution in [0.5, 0.6) is 0 Å². The summed E-state index contributed by atoms with van der Waals surface area (Å²) >= 11 is 3.16. The Balaban J connectivity index is 3.46. The first-order valence-electron chi connectivity index (χ1n) is 3.61. The van der Waals surface area contributed by atoms with Crippen molar-refractivity contribution in [3.8, 4) is 0 Å². The molecule has 68 valence electrons. The van der Waals surface area contributed by atoms with Gasteiger partial charge in [0.1, 0.15) is 0 Å². The number of halogens is 1. The van der Waals surface area contributed by atoms with Gasteiger partial charge in [0, 0.05) is 21.3 Å². The van der Waals surface area contributed by atoms with Crippen LogP contribution in [0.25, 0.3) is 0 Å². The number of aldehydes is 1. The first-order valence-corrected chi connectivity index (χ1v) is 4.40. The molecule has 0 aliphatic carbocycles. The molecule has 0 atom stereocenters. The zero-order chi connectivity index (χ0) is 10.0. The Kier molecular flexibility index (Phi) is 2.83. The summed E-state index contributed by atoms with van der Waals surface area (Å²) in [7, 11) is 0. The fourth-order valence-electron chi connectivity index (χ4n) is 1.05. The summed E-state index contributed by atoms with van der Waals surface area (Å²) in [6.07, 6.45) is 0.639. The average Bonchev–Trinajstić information content (AvgIpc) is 2.02. The fraction of sp³-hybridized carbons (Fsp3) is 0.111. The third-order valence-corrected chi connectivity index (χ3v) is 2.31. The zero-order valence-electron chi connectivity index (χ0n) is 7.00. The molecule has 0 unspecified atom stereocenters. The standard InChI is InChI=1S/C9H8BrNO2/c1-5(13)7-2-6(11)3-9(10)8(7)4-12/h2-4H,11H2,1H3. The van der Waals surface area contributed by atoms with Crippen LogP contribution < -0.4 is 5.73 Å². The third-order valence-electron chi connectivity index (χ3n) is 1.65. The molecule has 0 radical (unpaired) electrons. The molecule has 0 bridgehead atoms. The molecule has 0 heterocycles. The lowest BCUT2D eigenvalue weighted by Crippen LogP contribution is -2.01. The van der Waals surface area contributed by atoms with Crippen LogP contribution in [0.15, 0.2) is 16.6 Å². The van der Waals surface area contributed by atoms with Crippen molar-refractivity contribution in [3.63, 3.8) is 0 Å². The normalized spacial score (nSPS) is 9.69. The van der Waals surface area contributed by atoms with E-state index < -0.39 is 0 Å². The second-order valence-corrected chi connectivity index (χ2v) is 3.49. The number of hydrogen-bond donors (Lipinski definition) is 1. The summed E-state index contributed by atoms with van der Waals surface area (Å²) in [4.78, 5) is 21.7. The van der Waals surface area contributed by atoms with Gasteiger partial charge in [0.05, 0.1) is 0 Å². The number of carbonyl (C=O) groups excluding carboxylic acids is 2. The van der Waals surface area contributed by atoms with Crippen LogP contribution in [-0.4, -0.2) is 12.1 Å². The summed E-state index contributed by atoms with van der Waals surface area (Å²) in [5.41, 5.74) is 6.68. The monoisotopic (exact) mass is 241 g/mol. The van der Waals surface area contributed by atoms with Crippen LogP contribution in [0.3, 0.4) is 0 Å². The zero-order valence-corrected chi connectivity index (χ0v) is 8.59. The van der Waals surface area contributed by atoms with Crippen LogP contribution in [0.2, 0.25) is 0 Å². The second-order valence-electron chi connectivity index (χ2n) is 2.64. The van der Waals surface area contributed by atoms with Crippen LogP contribution in [0, 0.1) is 0 Å². The molecule has 1 rings (SSSR count). The lowest BCUT2D eigenvalue weighted by Gasteiger charge is -2.04. The maximum atomic E-state index is 11.1. The Labute approximate surface area is 84.1 Å². The van der Waals surface area contributed by atoms with E-state index in [2.05, 4.69) is 15.9 Å². The van der Waals surface area contributed by atoms with Gasteiger partial charge >= 0.3 is 0 Å². The van der Waals surface area contributed by atoms with Gasteiger partial charge in [0.15, 0.2) is 12.1 Å². The number of nitrogen functional groups attached to an aromatic ring is 1. The highest BCUT2D eigenvalue weighted by Crippen LogP contribution is 2.23. The van der Waals surface area contributed by atoms with Crippen molar-refractivity contribution >= 4 is 33.7 Å². The Bertz CT molecular complexity index is 374. The molecule has 0 aliphatic rings. The Morgan fingerprint density at radius 3 is 2.62 bits per heavy atom. The number of hydrogen-bond acceptors (Lipinski definition) is 3. The van der Waals surface area contributed by atoms with E-state index in [1.807, 2.05) is 0 Å². The first kappa shape index (κ1) is 9.92. The highest BCUT2D eigenvalue weighted by molar-refractivity contribution is 9.10. The molecule has 0 aliphatic heterocycles. The van der Waals surface area contributed by atoms with Gasteiger partial charge in [-0.05, 0) is 35.0 Å². The van der Waals surface area contributed by atoms with Gasteiger partial charge in [-0.1, -0.05) is 0 Å². The van der Waals surface area contributed by atoms with Crippen LogP contribution >= 0.6 is 15.9 Å². The van der Waals surface area contributed by atoms with Gasteiger partial charge < -0.3 is 5.73 Å². The van der Waals surface area contributed by atoms with Gasteiger partial charge in [0.25, 0.3) is 0 Å². The van der Waals surface area contributed by atoms with Crippen LogP contribution in [0.1, 0.15) is 27.6 Å². The maximum absolute atomic E-state index is 11.1. The molecule has 0 spiro atoms. The van der Waals surface area contributed by atoms with E-state index >= 15 is 0 Å². The largest absolute Gasteiger partial charge is 0.399 e. The van der Waals surface area contributed by atoms with Crippen LogP contribution in [-0.2, 0) is 0 Å². The SMILES string of the molecule is CC(=O)c1cc(N)cc(Br)c1C=O. The van der Waals surface area contributed by atoms with Crippen molar-refractivity contribution in [2.24, 2.45) is 0 Å². The van der Waals surface area contributed by atoms with Crippen LogP contribution in [0.4, 0.5) is 5.69 Å². The van der Waals surface area contributed by atoms with E-state index in [0.29, 0.717) is 27.6 Å². The average molecular weight is 242 g/mol. The van der Waals surface area contributed by atoms with E-state index in [0.717, 1.165) is 0 Å². The molecule has 0 saturated carbocycles. The molecule has 3 nitrogen and oxygen atoms in total. The topological polar surface area (TPSA) is 60.2 Å². The summed E-state index contributed by atoms with van der Waals surface area (Å²) in [5.74, 6) is -0.171. The first-order chi connectivity index (χ1) is 6.06. The van der Waals surface area contributed by atoms with Crippen molar-refractivity contribution in [2.45, 2.75) is 6.92 Å². The Morgan fingerprint density at radius 2 is 2.15 bits per heavy atom. The number of nitrogens with two attached hydrogens (primary N) is 1. The number of rotatable bonds is 2. The Hall–Kier alpha value is -1.16. The third kappa shape index (κ3) is 1.95. The maximum Gasteiger partial charge on any atom is 0.160 e. The predicted molar refractivity (Wildman–Crippen MR) is 53.9 cm³/mol. The summed E-state index contributed by atoms with van der Waals surface area (Å²) in [5, 5.41) is 0. The summed E-state index contributed by atoms with van der Waals surface area (Å²) in [6, 6.07) is 3.09. The van der Waals surface area contributed by atoms with E-state index in [4.69, 9.17) is 5.73 Å². The predicted octanol–water partition coefficient (Wildman–Crippen LogP) is 2.05. The molecule has 4 heteroatoms. The number of Topliss-reactive ketones (excluding diaryl/α,β-unsaturated/α-hetero) is 1. The van der Waals surface area contributed by atoms with Gasteiger partial charge in [-0.3, -0.25) is 9.59 Å². The molecular weight excluding hydrogens is 234 g/mol. The molecule has 13 heavy (non-hydrogen) atoms. The number of carbonyl (C=O) groups is 2. The summed E-state index contributed by atoms with van der Waals surface area (Å²) in [6.45, 7) is 1.40. The second kappa shape index (κ2) is 3.70. The smallest absolute Gasteiger partial charge is 0.160 e. The van der Waals surface area contributed by atoms with Gasteiger partial charge in [-0.2, -0.15) is 0 Å². The van der Waals surface area contributed by atoms with E-state index in [-0.39, 0.29) is 5.78 Å². The van der Waals surface area contributed by atoms with E-state index in [9.17, 15) is 9.59 Å². The minimum absolute atomic E-state index is 0.171. The lowest BCUT2D eigenvalue weighted by atomic mass is 10.0. The quantitative estimate of drug-likeness (QED) is 0.490. The highest BCUT2D eigenvalue weighted by atomic mass is 79.9. The minimum Gasteiger partial charge on any atom is -0.399 e. The number of benzene rings is 1. The van der Waals surface area contributed by atoms with Gasteiger partial charge in [0.2, 0.25) is 0 Å². The van der Waals surface area contributed by atoms with Gasteiger partial charge in [-0.15, -0.1) is 0 Å². The van der Waals surface area contributed by atoms with Crippen molar-refractivity contribution in [1.29, 1.82) is 0 Å². The molecule has 0 aromatic heterocycles. The highest BCUT2D eigenvalue weighted by Gasteiger charge is 2.10. The summed E-state index contributed by atoms with van der Waals surface area (Å²) < 4.78 is 0.549. The van der Waals surface area contributed by atoms with Crippen molar-refractivity contribution < 1.29 is 9.59 Å². The number of ketones is 1. The van der Waals surface area contributed by atoms with Crippen molar-refractivity contribution in [2.75, 3.05) is 5.73 Å². The van der Waals surface area contributed by atoms with Crippen molar-refractivity contribution in [3.05, 3.63) is 27.7 Å².